The molecule has 0 unspecified atom stereocenters. The van der Waals surface area contributed by atoms with Crippen LogP contribution >= 0.6 is 11.3 Å². The van der Waals surface area contributed by atoms with E-state index in [-0.39, 0.29) is 11.8 Å². The molecule has 1 aromatic carbocycles. The lowest BCUT2D eigenvalue weighted by molar-refractivity contribution is -0.137. The summed E-state index contributed by atoms with van der Waals surface area (Å²) in [6.07, 6.45) is 3.68. The number of carbonyl (C=O) groups excluding carboxylic acids is 1. The van der Waals surface area contributed by atoms with Crippen molar-refractivity contribution < 1.29 is 13.9 Å². The zero-order valence-electron chi connectivity index (χ0n) is 10.2. The molecule has 2 aromatic rings. The van der Waals surface area contributed by atoms with Crippen LogP contribution in [-0.2, 0) is 16.0 Å². The van der Waals surface area contributed by atoms with E-state index in [0.717, 1.165) is 12.0 Å². The second-order valence-corrected chi connectivity index (χ2v) is 4.91. The fourth-order valence-corrected chi connectivity index (χ4v) is 2.18. The first kappa shape index (κ1) is 13.5. The summed E-state index contributed by atoms with van der Waals surface area (Å²) in [5.74, 6) is -0.684. The number of hydrogen-bond acceptors (Lipinski definition) is 3. The highest BCUT2D eigenvalue weighted by Gasteiger charge is 1.99. The SMILES string of the molecule is O=C(/C=C/c1ccc(F)cc1)OCCc1cccs1. The van der Waals surface area contributed by atoms with Gasteiger partial charge in [-0.1, -0.05) is 18.2 Å². The predicted octanol–water partition coefficient (Wildman–Crippen LogP) is 3.69. The highest BCUT2D eigenvalue weighted by atomic mass is 32.1. The van der Waals surface area contributed by atoms with Crippen LogP contribution in [0.3, 0.4) is 0 Å². The van der Waals surface area contributed by atoms with E-state index in [2.05, 4.69) is 0 Å². The van der Waals surface area contributed by atoms with E-state index >= 15 is 0 Å². The van der Waals surface area contributed by atoms with Gasteiger partial charge in [-0.05, 0) is 35.2 Å². The summed E-state index contributed by atoms with van der Waals surface area (Å²) in [6, 6.07) is 9.88. The maximum atomic E-state index is 12.7. The van der Waals surface area contributed by atoms with Gasteiger partial charge in [0.1, 0.15) is 5.82 Å². The van der Waals surface area contributed by atoms with E-state index in [1.165, 1.54) is 23.1 Å². The van der Waals surface area contributed by atoms with E-state index in [1.54, 1.807) is 29.5 Å². The molecule has 2 nitrogen and oxygen atoms in total. The lowest BCUT2D eigenvalue weighted by atomic mass is 10.2. The molecule has 0 atom stereocenters. The quantitative estimate of drug-likeness (QED) is 0.615. The van der Waals surface area contributed by atoms with Crippen LogP contribution in [-0.4, -0.2) is 12.6 Å². The third-order valence-electron chi connectivity index (χ3n) is 2.45. The fraction of sp³-hybridized carbons (Fsp3) is 0.133. The Morgan fingerprint density at radius 2 is 2.05 bits per heavy atom. The first-order valence-electron chi connectivity index (χ1n) is 5.87. The van der Waals surface area contributed by atoms with Gasteiger partial charge in [0.2, 0.25) is 0 Å². The summed E-state index contributed by atoms with van der Waals surface area (Å²) in [5, 5.41) is 1.99. The maximum Gasteiger partial charge on any atom is 0.330 e. The van der Waals surface area contributed by atoms with E-state index in [9.17, 15) is 9.18 Å². The van der Waals surface area contributed by atoms with Crippen LogP contribution in [0.2, 0.25) is 0 Å². The van der Waals surface area contributed by atoms with E-state index in [1.807, 2.05) is 17.5 Å². The Balaban J connectivity index is 1.76. The van der Waals surface area contributed by atoms with Gasteiger partial charge in [-0.3, -0.25) is 0 Å². The van der Waals surface area contributed by atoms with Gasteiger partial charge in [0, 0.05) is 17.4 Å². The zero-order valence-corrected chi connectivity index (χ0v) is 11.0. The van der Waals surface area contributed by atoms with Gasteiger partial charge in [0.15, 0.2) is 0 Å². The van der Waals surface area contributed by atoms with Gasteiger partial charge < -0.3 is 4.74 Å². The average molecular weight is 276 g/mol. The van der Waals surface area contributed by atoms with Crippen molar-refractivity contribution >= 4 is 23.4 Å². The Labute approximate surface area is 115 Å². The van der Waals surface area contributed by atoms with E-state index < -0.39 is 0 Å². The lowest BCUT2D eigenvalue weighted by Crippen LogP contribution is -2.03. The fourth-order valence-electron chi connectivity index (χ4n) is 1.49. The molecule has 1 aromatic heterocycles. The highest BCUT2D eigenvalue weighted by molar-refractivity contribution is 7.09. The summed E-state index contributed by atoms with van der Waals surface area (Å²) < 4.78 is 17.7. The van der Waals surface area contributed by atoms with Crippen molar-refractivity contribution in [1.29, 1.82) is 0 Å². The minimum absolute atomic E-state index is 0.296. The Hall–Kier alpha value is -1.94. The molecule has 0 spiro atoms. The van der Waals surface area contributed by atoms with Gasteiger partial charge in [-0.15, -0.1) is 11.3 Å². The molecule has 19 heavy (non-hydrogen) atoms. The number of ether oxygens (including phenoxy) is 1. The molecule has 1 heterocycles. The molecule has 0 aliphatic heterocycles. The first-order valence-corrected chi connectivity index (χ1v) is 6.75. The zero-order chi connectivity index (χ0) is 13.5. The summed E-state index contributed by atoms with van der Waals surface area (Å²) >= 11 is 1.64. The topological polar surface area (TPSA) is 26.3 Å². The molecule has 4 heteroatoms. The van der Waals surface area contributed by atoms with Crippen LogP contribution in [0.25, 0.3) is 6.08 Å². The monoisotopic (exact) mass is 276 g/mol. The molecule has 0 fully saturated rings. The number of rotatable bonds is 5. The molecule has 2 rings (SSSR count). The Kier molecular flexibility index (Phi) is 4.86. The predicted molar refractivity (Wildman–Crippen MR) is 74.4 cm³/mol. The van der Waals surface area contributed by atoms with Crippen molar-refractivity contribution in [1.82, 2.24) is 0 Å². The lowest BCUT2D eigenvalue weighted by Gasteiger charge is -2.00. The van der Waals surface area contributed by atoms with Gasteiger partial charge in [-0.2, -0.15) is 0 Å². The summed E-state index contributed by atoms with van der Waals surface area (Å²) in [6.45, 7) is 0.368. The molecule has 0 N–H and O–H groups in total. The summed E-state index contributed by atoms with van der Waals surface area (Å²) in [7, 11) is 0. The van der Waals surface area contributed by atoms with E-state index in [4.69, 9.17) is 4.74 Å². The minimum atomic E-state index is -0.388. The van der Waals surface area contributed by atoms with Crippen molar-refractivity contribution in [2.45, 2.75) is 6.42 Å². The third-order valence-corrected chi connectivity index (χ3v) is 3.39. The average Bonchev–Trinajstić information content (AvgIpc) is 2.91. The van der Waals surface area contributed by atoms with Gasteiger partial charge in [0.05, 0.1) is 6.61 Å². The number of benzene rings is 1. The van der Waals surface area contributed by atoms with Gasteiger partial charge in [0.25, 0.3) is 0 Å². The van der Waals surface area contributed by atoms with Gasteiger partial charge in [-0.25, -0.2) is 9.18 Å². The number of thiophene rings is 1. The minimum Gasteiger partial charge on any atom is -0.462 e. The molecule has 0 aliphatic carbocycles. The van der Waals surface area contributed by atoms with Crippen molar-refractivity contribution in [3.63, 3.8) is 0 Å². The normalized spacial score (nSPS) is 10.8. The van der Waals surface area contributed by atoms with Crippen molar-refractivity contribution in [2.75, 3.05) is 6.61 Å². The summed E-state index contributed by atoms with van der Waals surface area (Å²) in [4.78, 5) is 12.6. The maximum absolute atomic E-state index is 12.7. The number of halogens is 1. The number of carbonyl (C=O) groups is 1. The van der Waals surface area contributed by atoms with E-state index in [0.29, 0.717) is 6.61 Å². The number of esters is 1. The highest BCUT2D eigenvalue weighted by Crippen LogP contribution is 2.09. The Bertz CT molecular complexity index is 544. The standard InChI is InChI=1S/C15H13FO2S/c16-13-6-3-12(4-7-13)5-8-15(17)18-10-9-14-2-1-11-19-14/h1-8,11H,9-10H2/b8-5+. The molecular weight excluding hydrogens is 263 g/mol. The molecule has 0 bridgehead atoms. The molecular formula is C15H13FO2S. The molecule has 0 radical (unpaired) electrons. The molecule has 0 saturated heterocycles. The smallest absolute Gasteiger partial charge is 0.330 e. The first-order chi connectivity index (χ1) is 9.24. The number of hydrogen-bond donors (Lipinski definition) is 0. The van der Waals surface area contributed by atoms with Crippen molar-refractivity contribution in [3.05, 3.63) is 64.1 Å². The Morgan fingerprint density at radius 3 is 2.74 bits per heavy atom. The van der Waals surface area contributed by atoms with Crippen molar-refractivity contribution in [2.24, 2.45) is 0 Å². The molecule has 98 valence electrons. The van der Waals surface area contributed by atoms with Crippen LogP contribution in [0.5, 0.6) is 0 Å². The van der Waals surface area contributed by atoms with Crippen LogP contribution in [0.15, 0.2) is 47.9 Å². The van der Waals surface area contributed by atoms with Gasteiger partial charge >= 0.3 is 5.97 Å². The Morgan fingerprint density at radius 1 is 1.26 bits per heavy atom. The van der Waals surface area contributed by atoms with Crippen LogP contribution in [0, 0.1) is 5.82 Å². The third kappa shape index (κ3) is 4.67. The second-order valence-electron chi connectivity index (χ2n) is 3.88. The molecule has 0 amide bonds. The largest absolute Gasteiger partial charge is 0.462 e. The second kappa shape index (κ2) is 6.85. The van der Waals surface area contributed by atoms with Crippen LogP contribution in [0.1, 0.15) is 10.4 Å². The molecule has 0 saturated carbocycles. The van der Waals surface area contributed by atoms with Crippen LogP contribution < -0.4 is 0 Å². The molecule has 0 aliphatic rings. The van der Waals surface area contributed by atoms with Crippen LogP contribution in [0.4, 0.5) is 4.39 Å². The summed E-state index contributed by atoms with van der Waals surface area (Å²) in [5.41, 5.74) is 0.761. The van der Waals surface area contributed by atoms with Crippen molar-refractivity contribution in [3.8, 4) is 0 Å².